The number of amides is 1. The quantitative estimate of drug-likeness (QED) is 0.394. The summed E-state index contributed by atoms with van der Waals surface area (Å²) in [5, 5.41) is 7.81. The summed E-state index contributed by atoms with van der Waals surface area (Å²) in [5.41, 5.74) is 3.46. The molecule has 0 radical (unpaired) electrons. The van der Waals surface area contributed by atoms with Crippen LogP contribution in [0.5, 0.6) is 0 Å². The molecular weight excluding hydrogens is 404 g/mol. The number of nitrogens with one attached hydrogen (secondary N) is 2. The molecule has 0 bridgehead atoms. The zero-order chi connectivity index (χ0) is 19.4. The van der Waals surface area contributed by atoms with E-state index in [4.69, 9.17) is 28.3 Å². The second-order valence-electron chi connectivity index (χ2n) is 5.29. The van der Waals surface area contributed by atoms with Crippen LogP contribution in [0.1, 0.15) is 25.3 Å². The molecule has 0 aliphatic rings. The highest BCUT2D eigenvalue weighted by Crippen LogP contribution is 2.38. The Morgan fingerprint density at radius 3 is 2.16 bits per heavy atom. The lowest BCUT2D eigenvalue weighted by molar-refractivity contribution is -0.139. The maximum Gasteiger partial charge on any atom is 0.416 e. The van der Waals surface area contributed by atoms with Gasteiger partial charge in [-0.2, -0.15) is 25.8 Å². The molecule has 0 aliphatic heterocycles. The van der Waals surface area contributed by atoms with Crippen LogP contribution in [0.2, 0.25) is 10.0 Å². The van der Waals surface area contributed by atoms with E-state index in [1.54, 1.807) is 6.92 Å². The molecule has 3 N–H and O–H groups in total. The summed E-state index contributed by atoms with van der Waals surface area (Å²) >= 11 is 15.7. The molecule has 1 amide bonds. The Hall–Kier alpha value is -1.32. The van der Waals surface area contributed by atoms with Gasteiger partial charge in [-0.05, 0) is 18.1 Å². The standard InChI is InChI=1S/C14H15Cl2F3N2O3S/c1-6(25)7(3-12(23)24)2-11(22)20-21-13-9(15)4-8(5-10(13)16)14(17,18)19/h4-7,21,25H,2-3H2,1H3,(H,20,22)(H,23,24). The summed E-state index contributed by atoms with van der Waals surface area (Å²) in [6.07, 6.45) is -5.01. The smallest absolute Gasteiger partial charge is 0.416 e. The highest BCUT2D eigenvalue weighted by atomic mass is 35.5. The Balaban J connectivity index is 2.77. The van der Waals surface area contributed by atoms with E-state index in [1.165, 1.54) is 0 Å². The van der Waals surface area contributed by atoms with Gasteiger partial charge in [0.1, 0.15) is 0 Å². The van der Waals surface area contributed by atoms with Crippen LogP contribution in [0.4, 0.5) is 18.9 Å². The fourth-order valence-electron chi connectivity index (χ4n) is 1.92. The molecule has 140 valence electrons. The van der Waals surface area contributed by atoms with Gasteiger partial charge in [-0.1, -0.05) is 30.1 Å². The first-order valence-electron chi connectivity index (χ1n) is 6.92. The fourth-order valence-corrected chi connectivity index (χ4v) is 2.71. The Morgan fingerprint density at radius 1 is 1.24 bits per heavy atom. The van der Waals surface area contributed by atoms with Crippen molar-refractivity contribution in [2.24, 2.45) is 5.92 Å². The Kier molecular flexibility index (Phi) is 7.70. The van der Waals surface area contributed by atoms with Crippen LogP contribution < -0.4 is 10.9 Å². The van der Waals surface area contributed by atoms with E-state index in [1.807, 2.05) is 0 Å². The van der Waals surface area contributed by atoms with Crippen molar-refractivity contribution >= 4 is 53.4 Å². The third kappa shape index (κ3) is 6.83. The van der Waals surface area contributed by atoms with Crippen LogP contribution >= 0.6 is 35.8 Å². The van der Waals surface area contributed by atoms with Crippen LogP contribution in [0, 0.1) is 5.92 Å². The number of hydrogen-bond acceptors (Lipinski definition) is 4. The molecule has 25 heavy (non-hydrogen) atoms. The molecule has 0 aliphatic carbocycles. The number of alkyl halides is 3. The summed E-state index contributed by atoms with van der Waals surface area (Å²) in [5.74, 6) is -2.18. The van der Waals surface area contributed by atoms with E-state index in [0.717, 1.165) is 0 Å². The van der Waals surface area contributed by atoms with Gasteiger partial charge in [0.05, 0.1) is 21.3 Å². The van der Waals surface area contributed by atoms with Crippen molar-refractivity contribution in [1.29, 1.82) is 0 Å². The van der Waals surface area contributed by atoms with E-state index in [-0.39, 0.29) is 33.8 Å². The number of thiol groups is 1. The zero-order valence-electron chi connectivity index (χ0n) is 12.8. The lowest BCUT2D eigenvalue weighted by Gasteiger charge is -2.19. The van der Waals surface area contributed by atoms with Crippen molar-refractivity contribution in [3.8, 4) is 0 Å². The van der Waals surface area contributed by atoms with Gasteiger partial charge < -0.3 is 5.11 Å². The number of benzene rings is 1. The zero-order valence-corrected chi connectivity index (χ0v) is 15.2. The van der Waals surface area contributed by atoms with Crippen LogP contribution in [-0.4, -0.2) is 22.2 Å². The van der Waals surface area contributed by atoms with Crippen LogP contribution in [0.3, 0.4) is 0 Å². The second kappa shape index (κ2) is 8.86. The molecular formula is C14H15Cl2F3N2O3S. The van der Waals surface area contributed by atoms with E-state index in [9.17, 15) is 22.8 Å². The minimum Gasteiger partial charge on any atom is -0.481 e. The van der Waals surface area contributed by atoms with Gasteiger partial charge in [-0.15, -0.1) is 0 Å². The molecule has 0 heterocycles. The number of hydrazine groups is 1. The lowest BCUT2D eigenvalue weighted by Crippen LogP contribution is -2.33. The van der Waals surface area contributed by atoms with Crippen molar-refractivity contribution in [2.45, 2.75) is 31.2 Å². The van der Waals surface area contributed by atoms with Crippen molar-refractivity contribution < 1.29 is 27.9 Å². The molecule has 0 saturated heterocycles. The Bertz CT molecular complexity index is 634. The molecule has 5 nitrogen and oxygen atoms in total. The molecule has 0 fully saturated rings. The predicted octanol–water partition coefficient (Wildman–Crippen LogP) is 4.25. The Labute approximate surface area is 157 Å². The van der Waals surface area contributed by atoms with Gasteiger partial charge in [0.2, 0.25) is 5.91 Å². The molecule has 11 heteroatoms. The van der Waals surface area contributed by atoms with Crippen molar-refractivity contribution in [3.05, 3.63) is 27.7 Å². The van der Waals surface area contributed by atoms with Crippen LogP contribution in [0.25, 0.3) is 0 Å². The van der Waals surface area contributed by atoms with Gasteiger partial charge in [-0.3, -0.25) is 20.4 Å². The molecule has 1 aromatic carbocycles. The number of anilines is 1. The Morgan fingerprint density at radius 2 is 1.76 bits per heavy atom. The first-order valence-corrected chi connectivity index (χ1v) is 8.20. The first kappa shape index (κ1) is 21.7. The minimum atomic E-state index is -4.61. The molecule has 0 spiro atoms. The topological polar surface area (TPSA) is 78.4 Å². The van der Waals surface area contributed by atoms with Crippen molar-refractivity contribution in [3.63, 3.8) is 0 Å². The largest absolute Gasteiger partial charge is 0.481 e. The van der Waals surface area contributed by atoms with Crippen LogP contribution in [-0.2, 0) is 15.8 Å². The molecule has 2 atom stereocenters. The maximum atomic E-state index is 12.7. The van der Waals surface area contributed by atoms with Gasteiger partial charge in [-0.25, -0.2) is 0 Å². The molecule has 0 aromatic heterocycles. The summed E-state index contributed by atoms with van der Waals surface area (Å²) in [7, 11) is 0. The van der Waals surface area contributed by atoms with Gasteiger partial charge in [0.15, 0.2) is 0 Å². The van der Waals surface area contributed by atoms with Gasteiger partial charge in [0, 0.05) is 18.1 Å². The monoisotopic (exact) mass is 418 g/mol. The number of carbonyl (C=O) groups is 2. The average Bonchev–Trinajstić information content (AvgIpc) is 2.43. The number of carboxylic acids is 1. The predicted molar refractivity (Wildman–Crippen MR) is 92.0 cm³/mol. The van der Waals surface area contributed by atoms with Gasteiger partial charge >= 0.3 is 12.1 Å². The molecule has 2 unspecified atom stereocenters. The first-order chi connectivity index (χ1) is 11.4. The van der Waals surface area contributed by atoms with Crippen LogP contribution in [0.15, 0.2) is 12.1 Å². The summed E-state index contributed by atoms with van der Waals surface area (Å²) in [4.78, 5) is 22.7. The average molecular weight is 419 g/mol. The molecule has 1 rings (SSSR count). The number of aliphatic carboxylic acids is 1. The summed E-state index contributed by atoms with van der Waals surface area (Å²) in [6, 6.07) is 1.34. The number of hydrogen-bond donors (Lipinski definition) is 4. The summed E-state index contributed by atoms with van der Waals surface area (Å²) in [6.45, 7) is 1.65. The van der Waals surface area contributed by atoms with Gasteiger partial charge in [0.25, 0.3) is 0 Å². The van der Waals surface area contributed by atoms with Crippen molar-refractivity contribution in [1.82, 2.24) is 5.43 Å². The van der Waals surface area contributed by atoms with E-state index >= 15 is 0 Å². The second-order valence-corrected chi connectivity index (χ2v) is 6.92. The summed E-state index contributed by atoms with van der Waals surface area (Å²) < 4.78 is 38.0. The highest BCUT2D eigenvalue weighted by Gasteiger charge is 2.32. The van der Waals surface area contributed by atoms with E-state index < -0.39 is 29.5 Å². The maximum absolute atomic E-state index is 12.7. The number of rotatable bonds is 7. The SMILES string of the molecule is CC(S)C(CC(=O)O)CC(=O)NNc1c(Cl)cc(C(F)(F)F)cc1Cl. The molecule has 0 saturated carbocycles. The van der Waals surface area contributed by atoms with E-state index in [2.05, 4.69) is 23.5 Å². The third-order valence-corrected chi connectivity index (χ3v) is 4.28. The van der Waals surface area contributed by atoms with Crippen molar-refractivity contribution in [2.75, 3.05) is 5.43 Å². The number of carbonyl (C=O) groups excluding carboxylic acids is 1. The minimum absolute atomic E-state index is 0.0987. The number of carboxylic acid groups (broad SMARTS) is 1. The number of halogens is 5. The fraction of sp³-hybridized carbons (Fsp3) is 0.429. The molecule has 1 aromatic rings. The highest BCUT2D eigenvalue weighted by molar-refractivity contribution is 7.80. The van der Waals surface area contributed by atoms with E-state index in [0.29, 0.717) is 12.1 Å². The lowest BCUT2D eigenvalue weighted by atomic mass is 9.98. The third-order valence-electron chi connectivity index (χ3n) is 3.26. The normalized spacial score (nSPS) is 13.9.